The van der Waals surface area contributed by atoms with Crippen LogP contribution in [0.25, 0.3) is 0 Å². The lowest BCUT2D eigenvalue weighted by Crippen LogP contribution is -2.02. The van der Waals surface area contributed by atoms with E-state index in [2.05, 4.69) is 4.98 Å². The molecule has 0 aliphatic rings. The van der Waals surface area contributed by atoms with Crippen molar-refractivity contribution in [2.45, 2.75) is 29.7 Å². The number of aromatic carboxylic acids is 1. The van der Waals surface area contributed by atoms with Gasteiger partial charge in [-0.2, -0.15) is 0 Å². The molecule has 3 nitrogen and oxygen atoms in total. The standard InChI is InChI=1S/C15H14FNO2S/c1-9(2)12-7-10(15(18)19)8-14(17-12)20-13-6-4-3-5-11(13)16/h3-9H,1-2H3,(H,18,19). The normalized spacial score (nSPS) is 10.8. The number of hydrogen-bond donors (Lipinski definition) is 1. The van der Waals surface area contributed by atoms with Crippen LogP contribution in [0.1, 0.15) is 35.8 Å². The summed E-state index contributed by atoms with van der Waals surface area (Å²) in [6, 6.07) is 9.37. The second-order valence-corrected chi connectivity index (χ2v) is 5.67. The van der Waals surface area contributed by atoms with Gasteiger partial charge in [0.1, 0.15) is 10.8 Å². The van der Waals surface area contributed by atoms with Gasteiger partial charge in [-0.15, -0.1) is 0 Å². The molecule has 0 saturated carbocycles. The smallest absolute Gasteiger partial charge is 0.335 e. The molecule has 0 spiro atoms. The van der Waals surface area contributed by atoms with E-state index < -0.39 is 5.97 Å². The van der Waals surface area contributed by atoms with Crippen molar-refractivity contribution >= 4 is 17.7 Å². The van der Waals surface area contributed by atoms with Crippen LogP contribution in [0.5, 0.6) is 0 Å². The van der Waals surface area contributed by atoms with Crippen LogP contribution in [0.2, 0.25) is 0 Å². The summed E-state index contributed by atoms with van der Waals surface area (Å²) < 4.78 is 13.6. The van der Waals surface area contributed by atoms with Crippen LogP contribution >= 0.6 is 11.8 Å². The van der Waals surface area contributed by atoms with Crippen molar-refractivity contribution < 1.29 is 14.3 Å². The van der Waals surface area contributed by atoms with E-state index in [1.807, 2.05) is 13.8 Å². The Kier molecular flexibility index (Phi) is 4.39. The van der Waals surface area contributed by atoms with Gasteiger partial charge in [0.15, 0.2) is 0 Å². The molecule has 0 radical (unpaired) electrons. The number of carboxylic acids is 1. The van der Waals surface area contributed by atoms with Crippen molar-refractivity contribution in [2.24, 2.45) is 0 Å². The van der Waals surface area contributed by atoms with Gasteiger partial charge in [0.25, 0.3) is 0 Å². The Labute approximate surface area is 120 Å². The van der Waals surface area contributed by atoms with Crippen molar-refractivity contribution in [1.82, 2.24) is 4.98 Å². The molecule has 0 unspecified atom stereocenters. The molecule has 1 N–H and O–H groups in total. The van der Waals surface area contributed by atoms with Gasteiger partial charge in [0, 0.05) is 10.6 Å². The highest BCUT2D eigenvalue weighted by atomic mass is 32.2. The Morgan fingerprint density at radius 3 is 2.60 bits per heavy atom. The molecule has 5 heteroatoms. The minimum atomic E-state index is -1.01. The molecule has 2 rings (SSSR count). The number of benzene rings is 1. The highest BCUT2D eigenvalue weighted by Gasteiger charge is 2.12. The summed E-state index contributed by atoms with van der Waals surface area (Å²) in [5.41, 5.74) is 0.853. The van der Waals surface area contributed by atoms with Crippen molar-refractivity contribution in [2.75, 3.05) is 0 Å². The number of halogens is 1. The van der Waals surface area contributed by atoms with Gasteiger partial charge in [-0.3, -0.25) is 0 Å². The van der Waals surface area contributed by atoms with E-state index >= 15 is 0 Å². The molecule has 0 saturated heterocycles. The molecular formula is C15H14FNO2S. The van der Waals surface area contributed by atoms with Crippen molar-refractivity contribution in [3.8, 4) is 0 Å². The van der Waals surface area contributed by atoms with E-state index in [0.717, 1.165) is 11.8 Å². The fourth-order valence-electron chi connectivity index (χ4n) is 1.64. The lowest BCUT2D eigenvalue weighted by atomic mass is 10.1. The van der Waals surface area contributed by atoms with Crippen LogP contribution in [0, 0.1) is 5.82 Å². The maximum absolute atomic E-state index is 13.6. The monoisotopic (exact) mass is 291 g/mol. The van der Waals surface area contributed by atoms with E-state index in [4.69, 9.17) is 5.11 Å². The van der Waals surface area contributed by atoms with E-state index in [-0.39, 0.29) is 17.3 Å². The first-order chi connectivity index (χ1) is 9.47. The number of aromatic nitrogens is 1. The molecule has 0 bridgehead atoms. The lowest BCUT2D eigenvalue weighted by Gasteiger charge is -2.09. The molecule has 104 valence electrons. The van der Waals surface area contributed by atoms with Gasteiger partial charge in [0.05, 0.1) is 5.56 Å². The number of nitrogens with zero attached hydrogens (tertiary/aromatic N) is 1. The lowest BCUT2D eigenvalue weighted by molar-refractivity contribution is 0.0696. The maximum Gasteiger partial charge on any atom is 0.335 e. The summed E-state index contributed by atoms with van der Waals surface area (Å²) in [4.78, 5) is 15.9. The molecule has 0 amide bonds. The molecule has 20 heavy (non-hydrogen) atoms. The first-order valence-electron chi connectivity index (χ1n) is 6.15. The zero-order valence-electron chi connectivity index (χ0n) is 11.1. The first-order valence-corrected chi connectivity index (χ1v) is 6.96. The third-order valence-electron chi connectivity index (χ3n) is 2.71. The topological polar surface area (TPSA) is 50.2 Å². The molecule has 0 fully saturated rings. The Hall–Kier alpha value is -1.88. The highest BCUT2D eigenvalue weighted by molar-refractivity contribution is 7.99. The molecule has 0 aliphatic heterocycles. The predicted molar refractivity (Wildman–Crippen MR) is 75.8 cm³/mol. The minimum Gasteiger partial charge on any atom is -0.478 e. The van der Waals surface area contributed by atoms with Crippen LogP contribution in [-0.2, 0) is 0 Å². The van der Waals surface area contributed by atoms with E-state index in [1.165, 1.54) is 12.1 Å². The molecule has 2 aromatic rings. The SMILES string of the molecule is CC(C)c1cc(C(=O)O)cc(Sc2ccccc2F)n1. The summed E-state index contributed by atoms with van der Waals surface area (Å²) >= 11 is 1.13. The number of carbonyl (C=O) groups is 1. The average Bonchev–Trinajstić information content (AvgIpc) is 2.41. The zero-order valence-corrected chi connectivity index (χ0v) is 11.9. The van der Waals surface area contributed by atoms with Gasteiger partial charge in [-0.05, 0) is 30.2 Å². The zero-order chi connectivity index (χ0) is 14.7. The molecule has 0 atom stereocenters. The number of rotatable bonds is 4. The molecule has 1 heterocycles. The Balaban J connectivity index is 2.41. The third kappa shape index (κ3) is 3.36. The fraction of sp³-hybridized carbons (Fsp3) is 0.200. The van der Waals surface area contributed by atoms with Crippen molar-refractivity contribution in [3.63, 3.8) is 0 Å². The molecule has 1 aromatic carbocycles. The minimum absolute atomic E-state index is 0.106. The van der Waals surface area contributed by atoms with Gasteiger partial charge in [-0.25, -0.2) is 14.2 Å². The fourth-order valence-corrected chi connectivity index (χ4v) is 2.51. The average molecular weight is 291 g/mol. The summed E-state index contributed by atoms with van der Waals surface area (Å²) in [6.07, 6.45) is 0. The predicted octanol–water partition coefficient (Wildman–Crippen LogP) is 4.19. The Morgan fingerprint density at radius 1 is 1.30 bits per heavy atom. The number of carboxylic acid groups (broad SMARTS) is 1. The van der Waals surface area contributed by atoms with Gasteiger partial charge in [0.2, 0.25) is 0 Å². The van der Waals surface area contributed by atoms with E-state index in [0.29, 0.717) is 15.6 Å². The second-order valence-electron chi connectivity index (χ2n) is 4.61. The van der Waals surface area contributed by atoms with Crippen LogP contribution < -0.4 is 0 Å². The summed E-state index contributed by atoms with van der Waals surface area (Å²) in [5.74, 6) is -1.25. The van der Waals surface area contributed by atoms with Gasteiger partial charge >= 0.3 is 5.97 Å². The highest BCUT2D eigenvalue weighted by Crippen LogP contribution is 2.30. The van der Waals surface area contributed by atoms with Crippen LogP contribution in [0.4, 0.5) is 4.39 Å². The van der Waals surface area contributed by atoms with Crippen LogP contribution in [0.3, 0.4) is 0 Å². The summed E-state index contributed by atoms with van der Waals surface area (Å²) in [5, 5.41) is 9.61. The third-order valence-corrected chi connectivity index (χ3v) is 3.68. The van der Waals surface area contributed by atoms with Crippen molar-refractivity contribution in [1.29, 1.82) is 0 Å². The first kappa shape index (κ1) is 14.5. The Morgan fingerprint density at radius 2 is 2.00 bits per heavy atom. The Bertz CT molecular complexity index is 644. The van der Waals surface area contributed by atoms with E-state index in [9.17, 15) is 9.18 Å². The number of hydrogen-bond acceptors (Lipinski definition) is 3. The summed E-state index contributed by atoms with van der Waals surface area (Å²) in [7, 11) is 0. The molecular weight excluding hydrogens is 277 g/mol. The maximum atomic E-state index is 13.6. The van der Waals surface area contributed by atoms with Gasteiger partial charge < -0.3 is 5.11 Å². The molecule has 0 aliphatic carbocycles. The van der Waals surface area contributed by atoms with Crippen molar-refractivity contribution in [3.05, 3.63) is 53.5 Å². The quantitative estimate of drug-likeness (QED) is 0.917. The molecule has 1 aromatic heterocycles. The van der Waals surface area contributed by atoms with Crippen LogP contribution in [0.15, 0.2) is 46.3 Å². The van der Waals surface area contributed by atoms with Crippen LogP contribution in [-0.4, -0.2) is 16.1 Å². The largest absolute Gasteiger partial charge is 0.478 e. The number of pyridine rings is 1. The van der Waals surface area contributed by atoms with Gasteiger partial charge in [-0.1, -0.05) is 37.7 Å². The second kappa shape index (κ2) is 6.05. The summed E-state index contributed by atoms with van der Waals surface area (Å²) in [6.45, 7) is 3.87. The van der Waals surface area contributed by atoms with E-state index in [1.54, 1.807) is 24.3 Å².